The van der Waals surface area contributed by atoms with Crippen molar-refractivity contribution >= 4 is 65.8 Å². The molecule has 220 valence electrons. The third-order valence-corrected chi connectivity index (χ3v) is 10.6. The second-order valence-corrected chi connectivity index (χ2v) is 13.1. The summed E-state index contributed by atoms with van der Waals surface area (Å²) in [6.07, 6.45) is -2.05. The number of hydrogen-bond donors (Lipinski definition) is 0. The standard InChI is InChI=1S/C38H34N4O2/c1-39-19-41(3)35-23-11-7-5-9-21(23)17-27-25(13-15-29(39)31(27)35)33-37(43)34(38(33)44)26-14-16-30-32-28(26)18-22-10-6-8-12-24(22)36(32)42(4)20-40(30)2/h5-18,33-34,37-38H,19-20H2,1-4H3/q-2. The predicted molar refractivity (Wildman–Crippen MR) is 179 cm³/mol. The van der Waals surface area contributed by atoms with E-state index in [1.54, 1.807) is 0 Å². The van der Waals surface area contributed by atoms with Crippen molar-refractivity contribution in [3.05, 3.63) is 96.1 Å². The molecule has 6 aromatic carbocycles. The van der Waals surface area contributed by atoms with Gasteiger partial charge in [0.15, 0.2) is 0 Å². The van der Waals surface area contributed by atoms with Crippen LogP contribution in [0.3, 0.4) is 0 Å². The normalized spacial score (nSPS) is 22.9. The molecule has 2 heterocycles. The number of hydrogen-bond acceptors (Lipinski definition) is 6. The summed E-state index contributed by atoms with van der Waals surface area (Å²) in [5.41, 5.74) is 6.43. The van der Waals surface area contributed by atoms with Crippen molar-refractivity contribution in [3.63, 3.8) is 0 Å². The fourth-order valence-electron chi connectivity index (χ4n) is 8.64. The van der Waals surface area contributed by atoms with E-state index in [1.165, 1.54) is 22.1 Å². The fraction of sp³-hybridized carbons (Fsp3) is 0.263. The van der Waals surface area contributed by atoms with Crippen molar-refractivity contribution in [2.75, 3.05) is 61.1 Å². The molecule has 0 N–H and O–H groups in total. The highest BCUT2D eigenvalue weighted by Crippen LogP contribution is 2.54. The minimum Gasteiger partial charge on any atom is -0.851 e. The van der Waals surface area contributed by atoms with E-state index in [1.807, 2.05) is 0 Å². The average molecular weight is 579 g/mol. The van der Waals surface area contributed by atoms with Gasteiger partial charge in [0.2, 0.25) is 0 Å². The van der Waals surface area contributed by atoms with Gasteiger partial charge in [-0.25, -0.2) is 0 Å². The van der Waals surface area contributed by atoms with Crippen LogP contribution in [-0.4, -0.2) is 53.7 Å². The van der Waals surface area contributed by atoms with Gasteiger partial charge in [-0.05, 0) is 68.8 Å². The maximum Gasteiger partial charge on any atom is 0.0897 e. The van der Waals surface area contributed by atoms with Gasteiger partial charge in [-0.15, -0.1) is 12.2 Å². The lowest BCUT2D eigenvalue weighted by Gasteiger charge is -2.62. The molecule has 9 rings (SSSR count). The van der Waals surface area contributed by atoms with Crippen LogP contribution >= 0.6 is 0 Å². The van der Waals surface area contributed by atoms with Crippen molar-refractivity contribution in [1.82, 2.24) is 0 Å². The first kappa shape index (κ1) is 25.9. The Labute approximate surface area is 256 Å². The molecule has 0 radical (unpaired) electrons. The van der Waals surface area contributed by atoms with E-state index in [9.17, 15) is 10.2 Å². The van der Waals surface area contributed by atoms with Gasteiger partial charge in [-0.2, -0.15) is 0 Å². The highest BCUT2D eigenvalue weighted by molar-refractivity contribution is 6.19. The molecule has 44 heavy (non-hydrogen) atoms. The Kier molecular flexibility index (Phi) is 5.31. The summed E-state index contributed by atoms with van der Waals surface area (Å²) >= 11 is 0. The maximum atomic E-state index is 14.4. The van der Waals surface area contributed by atoms with Crippen LogP contribution in [0.1, 0.15) is 23.0 Å². The first-order chi connectivity index (χ1) is 21.3. The largest absolute Gasteiger partial charge is 0.851 e. The molecule has 1 saturated carbocycles. The van der Waals surface area contributed by atoms with Crippen LogP contribution in [0.5, 0.6) is 0 Å². The summed E-state index contributed by atoms with van der Waals surface area (Å²) in [5, 5.41) is 37.8. The Morgan fingerprint density at radius 2 is 0.909 bits per heavy atom. The molecule has 1 aliphatic carbocycles. The summed E-state index contributed by atoms with van der Waals surface area (Å²) in [6.45, 7) is 1.55. The van der Waals surface area contributed by atoms with E-state index in [-0.39, 0.29) is 0 Å². The van der Waals surface area contributed by atoms with Gasteiger partial charge < -0.3 is 29.8 Å². The number of nitrogens with zero attached hydrogens (tertiary/aromatic N) is 4. The van der Waals surface area contributed by atoms with Gasteiger partial charge in [-0.1, -0.05) is 60.7 Å². The van der Waals surface area contributed by atoms with Crippen LogP contribution in [0.4, 0.5) is 22.7 Å². The van der Waals surface area contributed by atoms with Crippen molar-refractivity contribution < 1.29 is 10.2 Å². The lowest BCUT2D eigenvalue weighted by atomic mass is 9.62. The molecule has 2 aliphatic heterocycles. The van der Waals surface area contributed by atoms with Gasteiger partial charge in [0.05, 0.1) is 24.7 Å². The lowest BCUT2D eigenvalue weighted by Crippen LogP contribution is -2.63. The molecule has 0 unspecified atom stereocenters. The first-order valence-electron chi connectivity index (χ1n) is 15.5. The molecule has 3 aliphatic rings. The summed E-state index contributed by atoms with van der Waals surface area (Å²) < 4.78 is 0. The summed E-state index contributed by atoms with van der Waals surface area (Å²) in [7, 11) is 8.45. The minimum absolute atomic E-state index is 0.603. The zero-order chi connectivity index (χ0) is 30.0. The second-order valence-electron chi connectivity index (χ2n) is 13.1. The summed E-state index contributed by atoms with van der Waals surface area (Å²) in [6, 6.07) is 29.6. The van der Waals surface area contributed by atoms with E-state index in [0.717, 1.165) is 68.2 Å². The number of anilines is 4. The Morgan fingerprint density at radius 3 is 1.34 bits per heavy atom. The van der Waals surface area contributed by atoms with Gasteiger partial charge in [-0.3, -0.25) is 0 Å². The van der Waals surface area contributed by atoms with Crippen LogP contribution in [0, 0.1) is 0 Å². The third kappa shape index (κ3) is 3.27. The highest BCUT2D eigenvalue weighted by Gasteiger charge is 2.41. The molecule has 0 bridgehead atoms. The molecular formula is C38H34N4O2-2. The molecule has 0 spiro atoms. The van der Waals surface area contributed by atoms with E-state index in [4.69, 9.17) is 0 Å². The Morgan fingerprint density at radius 1 is 0.500 bits per heavy atom. The van der Waals surface area contributed by atoms with Crippen molar-refractivity contribution in [3.8, 4) is 0 Å². The summed E-state index contributed by atoms with van der Waals surface area (Å²) in [4.78, 5) is 9.05. The van der Waals surface area contributed by atoms with Crippen LogP contribution in [-0.2, 0) is 0 Å². The molecule has 6 nitrogen and oxygen atoms in total. The van der Waals surface area contributed by atoms with Gasteiger partial charge in [0, 0.05) is 61.1 Å². The van der Waals surface area contributed by atoms with E-state index >= 15 is 0 Å². The quantitative estimate of drug-likeness (QED) is 0.259. The topological polar surface area (TPSA) is 59.1 Å². The van der Waals surface area contributed by atoms with Crippen molar-refractivity contribution in [1.29, 1.82) is 0 Å². The lowest BCUT2D eigenvalue weighted by molar-refractivity contribution is -0.535. The van der Waals surface area contributed by atoms with E-state index in [2.05, 4.69) is 133 Å². The van der Waals surface area contributed by atoms with Crippen LogP contribution in [0.2, 0.25) is 0 Å². The Balaban J connectivity index is 1.22. The average Bonchev–Trinajstić information content (AvgIpc) is 3.02. The Bertz CT molecular complexity index is 2010. The maximum absolute atomic E-state index is 14.4. The molecule has 6 heteroatoms. The molecule has 0 amide bonds. The first-order valence-corrected chi connectivity index (χ1v) is 15.5. The predicted octanol–water partition coefficient (Wildman–Crippen LogP) is 5.33. The Hall–Kier alpha value is -4.52. The third-order valence-electron chi connectivity index (χ3n) is 10.6. The number of fused-ring (bicyclic) bond motifs is 4. The van der Waals surface area contributed by atoms with E-state index in [0.29, 0.717) is 0 Å². The fourth-order valence-corrected chi connectivity index (χ4v) is 8.64. The number of rotatable bonds is 2. The zero-order valence-corrected chi connectivity index (χ0v) is 25.4. The monoisotopic (exact) mass is 578 g/mol. The molecule has 1 fully saturated rings. The molecule has 0 saturated heterocycles. The molecule has 0 aromatic heterocycles. The van der Waals surface area contributed by atoms with Crippen LogP contribution in [0.25, 0.3) is 43.1 Å². The second kappa shape index (κ2) is 9.00. The molecular weight excluding hydrogens is 544 g/mol. The van der Waals surface area contributed by atoms with Gasteiger partial charge in [0.25, 0.3) is 0 Å². The van der Waals surface area contributed by atoms with Crippen molar-refractivity contribution in [2.24, 2.45) is 0 Å². The van der Waals surface area contributed by atoms with Crippen LogP contribution < -0.4 is 29.8 Å². The zero-order valence-electron chi connectivity index (χ0n) is 25.4. The molecule has 0 atom stereocenters. The van der Waals surface area contributed by atoms with Crippen molar-refractivity contribution in [2.45, 2.75) is 24.0 Å². The van der Waals surface area contributed by atoms with Gasteiger partial charge >= 0.3 is 0 Å². The SMILES string of the molecule is CN1CN(C)c2c3ccccc3cc3c(C4C([O-])C(c5ccc6c7c(c8ccccc8cc57)N(C)CN6C)C4[O-])ccc1c23. The highest BCUT2D eigenvalue weighted by atomic mass is 16.3. The van der Waals surface area contributed by atoms with Gasteiger partial charge in [0.1, 0.15) is 0 Å². The summed E-state index contributed by atoms with van der Waals surface area (Å²) in [5.74, 6) is -1.21. The number of benzene rings is 6. The molecule has 6 aromatic rings. The van der Waals surface area contributed by atoms with Crippen LogP contribution in [0.15, 0.2) is 84.9 Å². The van der Waals surface area contributed by atoms with E-state index < -0.39 is 24.0 Å². The minimum atomic E-state index is -1.03. The smallest absolute Gasteiger partial charge is 0.0897 e.